The lowest BCUT2D eigenvalue weighted by Crippen LogP contribution is -2.43. The first-order chi connectivity index (χ1) is 9.68. The van der Waals surface area contributed by atoms with Gasteiger partial charge in [-0.25, -0.2) is 0 Å². The summed E-state index contributed by atoms with van der Waals surface area (Å²) in [7, 11) is 1.70. The molecule has 2 rings (SSSR count). The average Bonchev–Trinajstić information content (AvgIpc) is 2.47. The van der Waals surface area contributed by atoms with Crippen LogP contribution in [0.25, 0.3) is 0 Å². The summed E-state index contributed by atoms with van der Waals surface area (Å²) in [6, 6.07) is 6.55. The van der Waals surface area contributed by atoms with Gasteiger partial charge in [-0.05, 0) is 25.5 Å². The minimum absolute atomic E-state index is 0.0407. The molecule has 112 valence electrons. The van der Waals surface area contributed by atoms with Crippen molar-refractivity contribution >= 4 is 0 Å². The average molecular weight is 277 g/mol. The van der Waals surface area contributed by atoms with Gasteiger partial charge >= 0.3 is 0 Å². The Morgan fingerprint density at radius 3 is 2.75 bits per heavy atom. The fraction of sp³-hybridized carbons (Fsp3) is 0.647. The zero-order valence-corrected chi connectivity index (χ0v) is 13.2. The Hall–Kier alpha value is -1.22. The molecule has 1 aromatic carbocycles. The fourth-order valence-corrected chi connectivity index (χ4v) is 3.21. The third-order valence-electron chi connectivity index (χ3n) is 4.30. The molecule has 0 aliphatic carbocycles. The molecule has 1 aliphatic heterocycles. The van der Waals surface area contributed by atoms with Crippen molar-refractivity contribution in [2.24, 2.45) is 0 Å². The zero-order chi connectivity index (χ0) is 14.6. The van der Waals surface area contributed by atoms with Crippen LogP contribution in [0.1, 0.15) is 58.1 Å². The van der Waals surface area contributed by atoms with E-state index in [1.807, 2.05) is 12.1 Å². The highest BCUT2D eigenvalue weighted by molar-refractivity contribution is 5.44. The Kier molecular flexibility index (Phi) is 4.92. The Bertz CT molecular complexity index is 447. The van der Waals surface area contributed by atoms with Crippen molar-refractivity contribution in [1.82, 2.24) is 5.32 Å². The standard InChI is InChI=1S/C17H27NO2/c1-5-10-17(6-2)12-15(18-7-3)14-9-8-13(19-4)11-16(14)20-17/h8-9,11,15,18H,5-7,10,12H2,1-4H3. The van der Waals surface area contributed by atoms with E-state index in [2.05, 4.69) is 32.2 Å². The number of hydrogen-bond acceptors (Lipinski definition) is 3. The molecule has 0 spiro atoms. The quantitative estimate of drug-likeness (QED) is 0.850. The topological polar surface area (TPSA) is 30.5 Å². The predicted molar refractivity (Wildman–Crippen MR) is 82.6 cm³/mol. The second-order valence-electron chi connectivity index (χ2n) is 5.61. The van der Waals surface area contributed by atoms with E-state index >= 15 is 0 Å². The Morgan fingerprint density at radius 2 is 2.15 bits per heavy atom. The lowest BCUT2D eigenvalue weighted by Gasteiger charge is -2.42. The summed E-state index contributed by atoms with van der Waals surface area (Å²) in [5.74, 6) is 1.85. The van der Waals surface area contributed by atoms with E-state index < -0.39 is 0 Å². The van der Waals surface area contributed by atoms with E-state index in [0.29, 0.717) is 6.04 Å². The van der Waals surface area contributed by atoms with Crippen LogP contribution in [0.15, 0.2) is 18.2 Å². The molecule has 1 N–H and O–H groups in total. The molecule has 0 saturated carbocycles. The van der Waals surface area contributed by atoms with Gasteiger partial charge in [0.15, 0.2) is 0 Å². The van der Waals surface area contributed by atoms with Gasteiger partial charge in [-0.3, -0.25) is 0 Å². The third-order valence-corrected chi connectivity index (χ3v) is 4.30. The van der Waals surface area contributed by atoms with Gasteiger partial charge in [0, 0.05) is 24.1 Å². The number of hydrogen-bond donors (Lipinski definition) is 1. The molecule has 2 atom stereocenters. The Balaban J connectivity index is 2.38. The maximum Gasteiger partial charge on any atom is 0.128 e. The molecule has 0 aromatic heterocycles. The summed E-state index contributed by atoms with van der Waals surface area (Å²) in [5.41, 5.74) is 1.22. The minimum atomic E-state index is -0.0407. The van der Waals surface area contributed by atoms with E-state index in [1.54, 1.807) is 7.11 Å². The van der Waals surface area contributed by atoms with Crippen LogP contribution in [-0.2, 0) is 0 Å². The van der Waals surface area contributed by atoms with Crippen LogP contribution in [0.4, 0.5) is 0 Å². The second kappa shape index (κ2) is 6.49. The molecule has 3 heteroatoms. The monoisotopic (exact) mass is 277 g/mol. The first kappa shape index (κ1) is 15.2. The van der Waals surface area contributed by atoms with Crippen LogP contribution in [0.5, 0.6) is 11.5 Å². The van der Waals surface area contributed by atoms with Gasteiger partial charge in [-0.2, -0.15) is 0 Å². The fourth-order valence-electron chi connectivity index (χ4n) is 3.21. The van der Waals surface area contributed by atoms with Crippen molar-refractivity contribution in [3.8, 4) is 11.5 Å². The van der Waals surface area contributed by atoms with E-state index in [1.165, 1.54) is 5.56 Å². The summed E-state index contributed by atoms with van der Waals surface area (Å²) in [6.45, 7) is 7.59. The number of rotatable bonds is 6. The van der Waals surface area contributed by atoms with E-state index in [-0.39, 0.29) is 5.60 Å². The van der Waals surface area contributed by atoms with Crippen LogP contribution in [0, 0.1) is 0 Å². The molecule has 0 saturated heterocycles. The van der Waals surface area contributed by atoms with Crippen LogP contribution >= 0.6 is 0 Å². The lowest BCUT2D eigenvalue weighted by atomic mass is 9.82. The van der Waals surface area contributed by atoms with Crippen molar-refractivity contribution in [2.75, 3.05) is 13.7 Å². The van der Waals surface area contributed by atoms with Crippen LogP contribution in [0.2, 0.25) is 0 Å². The largest absolute Gasteiger partial charge is 0.497 e. The van der Waals surface area contributed by atoms with Gasteiger partial charge in [-0.1, -0.05) is 33.3 Å². The lowest BCUT2D eigenvalue weighted by molar-refractivity contribution is 0.0178. The van der Waals surface area contributed by atoms with E-state index in [4.69, 9.17) is 9.47 Å². The number of benzene rings is 1. The molecule has 0 fully saturated rings. The summed E-state index contributed by atoms with van der Waals surface area (Å²) >= 11 is 0. The van der Waals surface area contributed by atoms with Crippen molar-refractivity contribution in [3.05, 3.63) is 23.8 Å². The third kappa shape index (κ3) is 2.93. The van der Waals surface area contributed by atoms with Gasteiger partial charge in [0.1, 0.15) is 17.1 Å². The molecule has 0 amide bonds. The van der Waals surface area contributed by atoms with Crippen molar-refractivity contribution in [1.29, 1.82) is 0 Å². The molecular formula is C17H27NO2. The maximum atomic E-state index is 6.41. The molecule has 20 heavy (non-hydrogen) atoms. The van der Waals surface area contributed by atoms with Crippen molar-refractivity contribution in [2.45, 2.75) is 58.1 Å². The Morgan fingerprint density at radius 1 is 1.35 bits per heavy atom. The van der Waals surface area contributed by atoms with Gasteiger partial charge in [0.25, 0.3) is 0 Å². The molecule has 0 bridgehead atoms. The first-order valence-corrected chi connectivity index (χ1v) is 7.78. The molecular weight excluding hydrogens is 250 g/mol. The summed E-state index contributed by atoms with van der Waals surface area (Å²) in [6.07, 6.45) is 4.33. The molecule has 1 aliphatic rings. The van der Waals surface area contributed by atoms with Gasteiger partial charge in [0.2, 0.25) is 0 Å². The molecule has 3 nitrogen and oxygen atoms in total. The normalized spacial score (nSPS) is 24.9. The van der Waals surface area contributed by atoms with Gasteiger partial charge in [0.05, 0.1) is 7.11 Å². The van der Waals surface area contributed by atoms with E-state index in [0.717, 1.165) is 43.7 Å². The first-order valence-electron chi connectivity index (χ1n) is 7.78. The molecule has 2 unspecified atom stereocenters. The van der Waals surface area contributed by atoms with Crippen LogP contribution in [0.3, 0.4) is 0 Å². The number of nitrogens with one attached hydrogen (secondary N) is 1. The van der Waals surface area contributed by atoms with Crippen molar-refractivity contribution < 1.29 is 9.47 Å². The molecule has 1 aromatic rings. The predicted octanol–water partition coefficient (Wildman–Crippen LogP) is 4.08. The van der Waals surface area contributed by atoms with E-state index in [9.17, 15) is 0 Å². The Labute approximate surface area is 122 Å². The number of methoxy groups -OCH3 is 1. The number of fused-ring (bicyclic) bond motifs is 1. The highest BCUT2D eigenvalue weighted by Crippen LogP contribution is 2.44. The summed E-state index contributed by atoms with van der Waals surface area (Å²) in [5, 5.41) is 3.60. The molecule has 1 heterocycles. The van der Waals surface area contributed by atoms with Crippen molar-refractivity contribution in [3.63, 3.8) is 0 Å². The molecule has 0 radical (unpaired) electrons. The zero-order valence-electron chi connectivity index (χ0n) is 13.2. The summed E-state index contributed by atoms with van der Waals surface area (Å²) in [4.78, 5) is 0. The SMILES string of the molecule is CCCC1(CC)CC(NCC)c2ccc(OC)cc2O1. The summed E-state index contributed by atoms with van der Waals surface area (Å²) < 4.78 is 11.7. The van der Waals surface area contributed by atoms with Crippen LogP contribution < -0.4 is 14.8 Å². The highest BCUT2D eigenvalue weighted by atomic mass is 16.5. The number of ether oxygens (including phenoxy) is 2. The van der Waals surface area contributed by atoms with Crippen LogP contribution in [-0.4, -0.2) is 19.3 Å². The second-order valence-corrected chi connectivity index (χ2v) is 5.61. The smallest absolute Gasteiger partial charge is 0.128 e. The van der Waals surface area contributed by atoms with Gasteiger partial charge < -0.3 is 14.8 Å². The maximum absolute atomic E-state index is 6.41. The minimum Gasteiger partial charge on any atom is -0.497 e. The van der Waals surface area contributed by atoms with Gasteiger partial charge in [-0.15, -0.1) is 0 Å². The highest BCUT2D eigenvalue weighted by Gasteiger charge is 2.38.